The van der Waals surface area contributed by atoms with Crippen LogP contribution in [0, 0.1) is 0 Å². The molecule has 2 aliphatic heterocycles. The lowest BCUT2D eigenvalue weighted by Crippen LogP contribution is -2.41. The monoisotopic (exact) mass is 338 g/mol. The van der Waals surface area contributed by atoms with Crippen LogP contribution in [0.3, 0.4) is 0 Å². The van der Waals surface area contributed by atoms with E-state index in [4.69, 9.17) is 4.74 Å². The summed E-state index contributed by atoms with van der Waals surface area (Å²) >= 11 is 3.54. The molecule has 4 nitrogen and oxygen atoms in total. The standard InChI is InChI=1S/C15H19BrN2O2/c1-20-14-7-11(16)6-10-8-18(5-4-13(10)14)9-12-2-3-15(19)17-12/h6-7,12H,2-5,8-9H2,1H3,(H,17,19). The fraction of sp³-hybridized carbons (Fsp3) is 0.533. The first-order valence-electron chi connectivity index (χ1n) is 7.02. The molecule has 0 saturated carbocycles. The van der Waals surface area contributed by atoms with Gasteiger partial charge in [-0.15, -0.1) is 0 Å². The maximum Gasteiger partial charge on any atom is 0.220 e. The van der Waals surface area contributed by atoms with Gasteiger partial charge in [0.25, 0.3) is 0 Å². The van der Waals surface area contributed by atoms with Gasteiger partial charge in [-0.05, 0) is 36.1 Å². The largest absolute Gasteiger partial charge is 0.496 e. The number of fused-ring (bicyclic) bond motifs is 1. The van der Waals surface area contributed by atoms with Gasteiger partial charge in [0, 0.05) is 36.6 Å². The zero-order valence-corrected chi connectivity index (χ0v) is 13.2. The summed E-state index contributed by atoms with van der Waals surface area (Å²) in [5, 5.41) is 3.04. The molecule has 5 heteroatoms. The maximum absolute atomic E-state index is 11.3. The summed E-state index contributed by atoms with van der Waals surface area (Å²) in [6, 6.07) is 4.53. The Bertz CT molecular complexity index is 533. The number of hydrogen-bond acceptors (Lipinski definition) is 3. The van der Waals surface area contributed by atoms with Crippen LogP contribution < -0.4 is 10.1 Å². The second kappa shape index (κ2) is 5.74. The van der Waals surface area contributed by atoms with Crippen molar-refractivity contribution in [1.82, 2.24) is 10.2 Å². The van der Waals surface area contributed by atoms with E-state index in [0.717, 1.165) is 42.7 Å². The van der Waals surface area contributed by atoms with E-state index < -0.39 is 0 Å². The van der Waals surface area contributed by atoms with Gasteiger partial charge in [-0.25, -0.2) is 0 Å². The lowest BCUT2D eigenvalue weighted by atomic mass is 9.98. The molecular formula is C15H19BrN2O2. The molecule has 1 atom stereocenters. The van der Waals surface area contributed by atoms with Gasteiger partial charge in [0.1, 0.15) is 5.75 Å². The predicted molar refractivity (Wildman–Crippen MR) is 80.8 cm³/mol. The number of rotatable bonds is 3. The minimum atomic E-state index is 0.192. The summed E-state index contributed by atoms with van der Waals surface area (Å²) in [5.41, 5.74) is 2.65. The highest BCUT2D eigenvalue weighted by Crippen LogP contribution is 2.32. The highest BCUT2D eigenvalue weighted by Gasteiger charge is 2.26. The Balaban J connectivity index is 1.71. The number of methoxy groups -OCH3 is 1. The Morgan fingerprint density at radius 3 is 3.00 bits per heavy atom. The average molecular weight is 339 g/mol. The van der Waals surface area contributed by atoms with Gasteiger partial charge >= 0.3 is 0 Å². The smallest absolute Gasteiger partial charge is 0.220 e. The lowest BCUT2D eigenvalue weighted by molar-refractivity contribution is -0.119. The molecule has 0 aliphatic carbocycles. The highest BCUT2D eigenvalue weighted by atomic mass is 79.9. The van der Waals surface area contributed by atoms with Crippen LogP contribution in [-0.4, -0.2) is 37.0 Å². The minimum Gasteiger partial charge on any atom is -0.496 e. The summed E-state index contributed by atoms with van der Waals surface area (Å²) in [5.74, 6) is 1.17. The van der Waals surface area contributed by atoms with Crippen molar-refractivity contribution in [1.29, 1.82) is 0 Å². The molecule has 0 bridgehead atoms. The molecule has 0 radical (unpaired) electrons. The summed E-state index contributed by atoms with van der Waals surface area (Å²) in [4.78, 5) is 13.7. The number of carbonyl (C=O) groups excluding carboxylic acids is 1. The molecule has 0 aromatic heterocycles. The molecule has 2 heterocycles. The number of nitrogens with one attached hydrogen (secondary N) is 1. The first-order chi connectivity index (χ1) is 9.65. The van der Waals surface area contributed by atoms with Crippen LogP contribution in [0.2, 0.25) is 0 Å². The zero-order chi connectivity index (χ0) is 14.1. The Kier molecular flexibility index (Phi) is 3.98. The zero-order valence-electron chi connectivity index (χ0n) is 11.6. The van der Waals surface area contributed by atoms with Crippen molar-refractivity contribution < 1.29 is 9.53 Å². The van der Waals surface area contributed by atoms with Gasteiger partial charge in [-0.1, -0.05) is 15.9 Å². The Morgan fingerprint density at radius 1 is 1.45 bits per heavy atom. The van der Waals surface area contributed by atoms with E-state index in [1.54, 1.807) is 7.11 Å². The average Bonchev–Trinajstić information content (AvgIpc) is 2.82. The molecule has 20 heavy (non-hydrogen) atoms. The van der Waals surface area contributed by atoms with E-state index in [0.29, 0.717) is 12.5 Å². The van der Waals surface area contributed by atoms with E-state index >= 15 is 0 Å². The highest BCUT2D eigenvalue weighted by molar-refractivity contribution is 9.10. The van der Waals surface area contributed by atoms with Crippen LogP contribution in [0.15, 0.2) is 16.6 Å². The number of nitrogens with zero attached hydrogens (tertiary/aromatic N) is 1. The van der Waals surface area contributed by atoms with Crippen LogP contribution in [-0.2, 0) is 17.8 Å². The van der Waals surface area contributed by atoms with Crippen molar-refractivity contribution in [2.24, 2.45) is 0 Å². The normalized spacial score (nSPS) is 22.5. The van der Waals surface area contributed by atoms with E-state index in [2.05, 4.69) is 32.2 Å². The Hall–Kier alpha value is -1.07. The second-order valence-corrected chi connectivity index (χ2v) is 6.45. The van der Waals surface area contributed by atoms with Crippen molar-refractivity contribution in [3.63, 3.8) is 0 Å². The van der Waals surface area contributed by atoms with Gasteiger partial charge < -0.3 is 10.1 Å². The first kappa shape index (κ1) is 13.9. The fourth-order valence-corrected chi connectivity index (χ4v) is 3.63. The molecule has 108 valence electrons. The van der Waals surface area contributed by atoms with Crippen LogP contribution >= 0.6 is 15.9 Å². The maximum atomic E-state index is 11.3. The Labute approximate surface area is 127 Å². The van der Waals surface area contributed by atoms with E-state index in [1.165, 1.54) is 11.1 Å². The van der Waals surface area contributed by atoms with E-state index in [-0.39, 0.29) is 5.91 Å². The third-order valence-electron chi connectivity index (χ3n) is 4.12. The summed E-state index contributed by atoms with van der Waals surface area (Å²) in [7, 11) is 1.72. The molecule has 1 saturated heterocycles. The predicted octanol–water partition coefficient (Wildman–Crippen LogP) is 2.09. The quantitative estimate of drug-likeness (QED) is 0.917. The van der Waals surface area contributed by atoms with E-state index in [1.807, 2.05) is 6.07 Å². The molecule has 3 rings (SSSR count). The minimum absolute atomic E-state index is 0.192. The van der Waals surface area contributed by atoms with Crippen LogP contribution in [0.4, 0.5) is 0 Å². The second-order valence-electron chi connectivity index (χ2n) is 5.53. The van der Waals surface area contributed by atoms with Crippen molar-refractivity contribution in [3.8, 4) is 5.75 Å². The van der Waals surface area contributed by atoms with Crippen molar-refractivity contribution in [3.05, 3.63) is 27.7 Å². The van der Waals surface area contributed by atoms with E-state index in [9.17, 15) is 4.79 Å². The summed E-state index contributed by atoms with van der Waals surface area (Å²) in [6.45, 7) is 2.90. The number of hydrogen-bond donors (Lipinski definition) is 1. The van der Waals surface area contributed by atoms with Crippen molar-refractivity contribution in [2.75, 3.05) is 20.2 Å². The fourth-order valence-electron chi connectivity index (χ4n) is 3.14. The topological polar surface area (TPSA) is 41.6 Å². The van der Waals surface area contributed by atoms with Gasteiger partial charge in [0.15, 0.2) is 0 Å². The van der Waals surface area contributed by atoms with Crippen LogP contribution in [0.25, 0.3) is 0 Å². The molecule has 1 fully saturated rings. The molecule has 1 amide bonds. The molecular weight excluding hydrogens is 320 g/mol. The third kappa shape index (κ3) is 2.83. The van der Waals surface area contributed by atoms with Gasteiger partial charge in [0.05, 0.1) is 7.11 Å². The number of halogens is 1. The number of amides is 1. The molecule has 1 N–H and O–H groups in total. The summed E-state index contributed by atoms with van der Waals surface area (Å²) < 4.78 is 6.53. The van der Waals surface area contributed by atoms with Crippen molar-refractivity contribution >= 4 is 21.8 Å². The van der Waals surface area contributed by atoms with Gasteiger partial charge in [-0.3, -0.25) is 9.69 Å². The van der Waals surface area contributed by atoms with Crippen LogP contribution in [0.1, 0.15) is 24.0 Å². The molecule has 2 aliphatic rings. The summed E-state index contributed by atoms with van der Waals surface area (Å²) in [6.07, 6.45) is 2.64. The number of ether oxygens (including phenoxy) is 1. The van der Waals surface area contributed by atoms with Crippen LogP contribution in [0.5, 0.6) is 5.75 Å². The van der Waals surface area contributed by atoms with Gasteiger partial charge in [-0.2, -0.15) is 0 Å². The molecule has 1 aromatic carbocycles. The number of benzene rings is 1. The lowest BCUT2D eigenvalue weighted by Gasteiger charge is -2.31. The SMILES string of the molecule is COc1cc(Br)cc2c1CCN(CC1CCC(=O)N1)C2. The third-order valence-corrected chi connectivity index (χ3v) is 4.58. The molecule has 0 spiro atoms. The first-order valence-corrected chi connectivity index (χ1v) is 7.82. The number of carbonyl (C=O) groups is 1. The molecule has 1 unspecified atom stereocenters. The van der Waals surface area contributed by atoms with Crippen molar-refractivity contribution in [2.45, 2.75) is 31.8 Å². The van der Waals surface area contributed by atoms with Gasteiger partial charge in [0.2, 0.25) is 5.91 Å². The Morgan fingerprint density at radius 2 is 2.30 bits per heavy atom. The molecule has 1 aromatic rings.